The highest BCUT2D eigenvalue weighted by molar-refractivity contribution is 5.99. The van der Waals surface area contributed by atoms with Gasteiger partial charge < -0.3 is 19.2 Å². The largest absolute Gasteiger partial charge is 0.465 e. The molecule has 1 aliphatic heterocycles. The van der Waals surface area contributed by atoms with Crippen LogP contribution in [-0.2, 0) is 4.74 Å². The zero-order valence-electron chi connectivity index (χ0n) is 15.8. The second-order valence-electron chi connectivity index (χ2n) is 6.76. The van der Waals surface area contributed by atoms with E-state index < -0.39 is 17.9 Å². The van der Waals surface area contributed by atoms with Crippen molar-refractivity contribution < 1.29 is 23.8 Å². The highest BCUT2D eigenvalue weighted by Gasteiger charge is 2.42. The van der Waals surface area contributed by atoms with Crippen LogP contribution in [-0.4, -0.2) is 42.1 Å². The third-order valence-corrected chi connectivity index (χ3v) is 5.08. The first-order valence-electron chi connectivity index (χ1n) is 9.22. The predicted molar refractivity (Wildman–Crippen MR) is 105 cm³/mol. The lowest BCUT2D eigenvalue weighted by Crippen LogP contribution is -2.31. The number of aliphatic hydroxyl groups excluding tert-OH is 1. The van der Waals surface area contributed by atoms with E-state index in [1.54, 1.807) is 48.5 Å². The summed E-state index contributed by atoms with van der Waals surface area (Å²) in [4.78, 5) is 39.5. The smallest absolute Gasteiger partial charge is 0.337 e. The maximum Gasteiger partial charge on any atom is 0.337 e. The molecule has 0 radical (unpaired) electrons. The fourth-order valence-electron chi connectivity index (χ4n) is 3.70. The number of esters is 1. The van der Waals surface area contributed by atoms with Crippen LogP contribution in [0.2, 0.25) is 0 Å². The van der Waals surface area contributed by atoms with E-state index >= 15 is 0 Å². The van der Waals surface area contributed by atoms with Crippen LogP contribution in [0.5, 0.6) is 0 Å². The second-order valence-corrected chi connectivity index (χ2v) is 6.76. The van der Waals surface area contributed by atoms with Crippen molar-refractivity contribution in [2.75, 3.05) is 20.3 Å². The fourth-order valence-corrected chi connectivity index (χ4v) is 3.70. The van der Waals surface area contributed by atoms with Gasteiger partial charge in [0.15, 0.2) is 5.43 Å². The summed E-state index contributed by atoms with van der Waals surface area (Å²) in [6, 6.07) is 12.7. The summed E-state index contributed by atoms with van der Waals surface area (Å²) < 4.78 is 10.5. The number of amides is 1. The highest BCUT2D eigenvalue weighted by atomic mass is 16.5. The van der Waals surface area contributed by atoms with E-state index in [0.29, 0.717) is 28.5 Å². The minimum absolute atomic E-state index is 0.0219. The lowest BCUT2D eigenvalue weighted by atomic mass is 9.97. The van der Waals surface area contributed by atoms with E-state index in [-0.39, 0.29) is 29.9 Å². The van der Waals surface area contributed by atoms with Crippen molar-refractivity contribution in [2.24, 2.45) is 0 Å². The number of hydrogen-bond donors (Lipinski definition) is 1. The lowest BCUT2D eigenvalue weighted by molar-refractivity contribution is 0.0599. The van der Waals surface area contributed by atoms with Crippen molar-refractivity contribution in [3.05, 3.63) is 81.2 Å². The SMILES string of the molecule is COC(=O)c1ccc(C2c3c(oc4ccccc4c3=O)C(=O)N2CCCO)cc1. The van der Waals surface area contributed by atoms with Crippen molar-refractivity contribution in [2.45, 2.75) is 12.5 Å². The van der Waals surface area contributed by atoms with E-state index in [1.807, 2.05) is 0 Å². The topological polar surface area (TPSA) is 97.0 Å². The number of nitrogens with zero attached hydrogens (tertiary/aromatic N) is 1. The number of fused-ring (bicyclic) bond motifs is 2. The van der Waals surface area contributed by atoms with Gasteiger partial charge in [-0.15, -0.1) is 0 Å². The molecule has 0 fully saturated rings. The number of hydrogen-bond acceptors (Lipinski definition) is 6. The zero-order chi connectivity index (χ0) is 20.5. The van der Waals surface area contributed by atoms with E-state index in [1.165, 1.54) is 12.0 Å². The summed E-state index contributed by atoms with van der Waals surface area (Å²) in [6.07, 6.45) is 0.365. The molecule has 3 aromatic rings. The monoisotopic (exact) mass is 393 g/mol. The Morgan fingerprint density at radius 2 is 1.86 bits per heavy atom. The Bertz CT molecular complexity index is 1150. The molecule has 7 heteroatoms. The number of para-hydroxylation sites is 1. The molecule has 1 unspecified atom stereocenters. The number of aliphatic hydroxyl groups is 1. The second kappa shape index (κ2) is 7.52. The lowest BCUT2D eigenvalue weighted by Gasteiger charge is -2.25. The standard InChI is InChI=1S/C22H19NO6/c1-28-22(27)14-9-7-13(8-10-14)18-17-19(25)15-5-2-3-6-16(15)29-20(17)21(26)23(18)11-4-12-24/h2-3,5-10,18,24H,4,11-12H2,1H3. The molecule has 1 aliphatic rings. The van der Waals surface area contributed by atoms with Gasteiger partial charge in [-0.3, -0.25) is 9.59 Å². The predicted octanol–water partition coefficient (Wildman–Crippen LogP) is 2.51. The van der Waals surface area contributed by atoms with Crippen LogP contribution in [0.25, 0.3) is 11.0 Å². The van der Waals surface area contributed by atoms with Crippen molar-refractivity contribution in [1.82, 2.24) is 4.90 Å². The molecule has 0 spiro atoms. The van der Waals surface area contributed by atoms with Gasteiger partial charge in [0.25, 0.3) is 5.91 Å². The zero-order valence-corrected chi connectivity index (χ0v) is 15.8. The Hall–Kier alpha value is -3.45. The molecule has 0 saturated carbocycles. The Labute approximate surface area is 166 Å². The molecule has 29 heavy (non-hydrogen) atoms. The number of carbonyl (C=O) groups excluding carboxylic acids is 2. The Morgan fingerprint density at radius 1 is 1.14 bits per heavy atom. The first-order chi connectivity index (χ1) is 14.1. The molecular formula is C22H19NO6. The Morgan fingerprint density at radius 3 is 2.55 bits per heavy atom. The van der Waals surface area contributed by atoms with E-state index in [0.717, 1.165) is 0 Å². The molecule has 0 aliphatic carbocycles. The number of benzene rings is 2. The normalized spacial score (nSPS) is 15.6. The summed E-state index contributed by atoms with van der Waals surface area (Å²) in [5.41, 5.74) is 1.41. The minimum Gasteiger partial charge on any atom is -0.465 e. The van der Waals surface area contributed by atoms with Gasteiger partial charge in [0.05, 0.1) is 29.7 Å². The summed E-state index contributed by atoms with van der Waals surface area (Å²) in [5, 5.41) is 9.65. The maximum absolute atomic E-state index is 13.2. The minimum atomic E-state index is -0.656. The van der Waals surface area contributed by atoms with Gasteiger partial charge in [0, 0.05) is 13.2 Å². The molecule has 2 heterocycles. The van der Waals surface area contributed by atoms with Crippen LogP contribution >= 0.6 is 0 Å². The van der Waals surface area contributed by atoms with Crippen LogP contribution in [0.4, 0.5) is 0 Å². The molecule has 1 amide bonds. The van der Waals surface area contributed by atoms with E-state index in [2.05, 4.69) is 0 Å². The molecule has 148 valence electrons. The van der Waals surface area contributed by atoms with Gasteiger partial charge in [0.1, 0.15) is 5.58 Å². The van der Waals surface area contributed by atoms with Gasteiger partial charge in [-0.2, -0.15) is 0 Å². The van der Waals surface area contributed by atoms with Gasteiger partial charge in [-0.1, -0.05) is 24.3 Å². The van der Waals surface area contributed by atoms with Crippen molar-refractivity contribution in [3.8, 4) is 0 Å². The Balaban J connectivity index is 1.89. The van der Waals surface area contributed by atoms with Crippen LogP contribution in [0.1, 0.15) is 44.5 Å². The molecule has 1 atom stereocenters. The summed E-state index contributed by atoms with van der Waals surface area (Å²) in [6.45, 7) is 0.177. The van der Waals surface area contributed by atoms with Gasteiger partial charge in [-0.25, -0.2) is 4.79 Å². The van der Waals surface area contributed by atoms with E-state index in [4.69, 9.17) is 9.15 Å². The molecule has 4 rings (SSSR count). The van der Waals surface area contributed by atoms with Gasteiger partial charge in [-0.05, 0) is 36.2 Å². The van der Waals surface area contributed by atoms with Crippen molar-refractivity contribution >= 4 is 22.8 Å². The average Bonchev–Trinajstić information content (AvgIpc) is 3.04. The number of rotatable bonds is 5. The summed E-state index contributed by atoms with van der Waals surface area (Å²) >= 11 is 0. The van der Waals surface area contributed by atoms with Crippen LogP contribution in [0, 0.1) is 0 Å². The molecule has 0 saturated heterocycles. The summed E-state index contributed by atoms with van der Waals surface area (Å²) in [5.74, 6) is -0.839. The fraction of sp³-hybridized carbons (Fsp3) is 0.227. The van der Waals surface area contributed by atoms with Crippen LogP contribution < -0.4 is 5.43 Å². The van der Waals surface area contributed by atoms with Gasteiger partial charge in [0.2, 0.25) is 5.76 Å². The number of carbonyl (C=O) groups is 2. The number of ether oxygens (including phenoxy) is 1. The molecule has 7 nitrogen and oxygen atoms in total. The third kappa shape index (κ3) is 3.09. The van der Waals surface area contributed by atoms with Crippen molar-refractivity contribution in [3.63, 3.8) is 0 Å². The molecular weight excluding hydrogens is 374 g/mol. The highest BCUT2D eigenvalue weighted by Crippen LogP contribution is 2.38. The first kappa shape index (κ1) is 18.9. The number of methoxy groups -OCH3 is 1. The van der Waals surface area contributed by atoms with Crippen LogP contribution in [0.3, 0.4) is 0 Å². The third-order valence-electron chi connectivity index (χ3n) is 5.08. The maximum atomic E-state index is 13.2. The molecule has 0 bridgehead atoms. The average molecular weight is 393 g/mol. The van der Waals surface area contributed by atoms with E-state index in [9.17, 15) is 19.5 Å². The van der Waals surface area contributed by atoms with Gasteiger partial charge >= 0.3 is 5.97 Å². The van der Waals surface area contributed by atoms with Crippen LogP contribution in [0.15, 0.2) is 57.7 Å². The summed E-state index contributed by atoms with van der Waals surface area (Å²) in [7, 11) is 1.30. The first-order valence-corrected chi connectivity index (χ1v) is 9.22. The molecule has 1 N–H and O–H groups in total. The van der Waals surface area contributed by atoms with Crippen molar-refractivity contribution in [1.29, 1.82) is 0 Å². The Kier molecular flexibility index (Phi) is 4.90. The molecule has 2 aromatic carbocycles. The molecule has 1 aromatic heterocycles. The quantitative estimate of drug-likeness (QED) is 0.669.